The quantitative estimate of drug-likeness (QED) is 0.835. The molecule has 0 bridgehead atoms. The van der Waals surface area contributed by atoms with Gasteiger partial charge in [-0.15, -0.1) is 10.2 Å². The van der Waals surface area contributed by atoms with Gasteiger partial charge in [0.1, 0.15) is 11.0 Å². The Morgan fingerprint density at radius 2 is 2.59 bits per heavy atom. The van der Waals surface area contributed by atoms with Crippen molar-refractivity contribution in [2.75, 3.05) is 14.2 Å². The lowest BCUT2D eigenvalue weighted by atomic mass is 9.98. The van der Waals surface area contributed by atoms with Crippen molar-refractivity contribution in [1.29, 1.82) is 0 Å². The highest BCUT2D eigenvalue weighted by Gasteiger charge is 2.45. The van der Waals surface area contributed by atoms with Crippen LogP contribution in [-0.4, -0.2) is 41.1 Å². The fourth-order valence-electron chi connectivity index (χ4n) is 2.17. The van der Waals surface area contributed by atoms with Crippen LogP contribution in [0.4, 0.5) is 0 Å². The summed E-state index contributed by atoms with van der Waals surface area (Å²) in [5, 5.41) is 11.3. The first-order valence-electron chi connectivity index (χ1n) is 5.40. The van der Waals surface area contributed by atoms with E-state index in [0.717, 1.165) is 23.6 Å². The minimum absolute atomic E-state index is 0.166. The van der Waals surface area contributed by atoms with E-state index >= 15 is 0 Å². The number of aromatic nitrogens is 2. The Hall–Kier alpha value is -0.660. The van der Waals surface area contributed by atoms with Crippen LogP contribution >= 0.6 is 23.1 Å². The molecular weight excluding hydrogens is 258 g/mol. The Bertz CT molecular complexity index is 385. The van der Waals surface area contributed by atoms with Crippen molar-refractivity contribution in [3.63, 3.8) is 0 Å². The Morgan fingerprint density at radius 1 is 1.76 bits per heavy atom. The van der Waals surface area contributed by atoms with E-state index in [1.807, 2.05) is 7.05 Å². The third kappa shape index (κ3) is 2.61. The molecule has 0 amide bonds. The van der Waals surface area contributed by atoms with E-state index in [4.69, 9.17) is 4.74 Å². The molecular formula is C10H15N3O2S2. The van der Waals surface area contributed by atoms with E-state index < -0.39 is 5.54 Å². The van der Waals surface area contributed by atoms with Crippen molar-refractivity contribution >= 4 is 29.1 Å². The molecule has 1 aliphatic rings. The van der Waals surface area contributed by atoms with Gasteiger partial charge in [0.15, 0.2) is 4.34 Å². The highest BCUT2D eigenvalue weighted by Crippen LogP contribution is 2.40. The molecule has 0 aliphatic heterocycles. The number of thioether (sulfide) groups is 1. The summed E-state index contributed by atoms with van der Waals surface area (Å²) in [6.07, 6.45) is 2.58. The first-order chi connectivity index (χ1) is 8.20. The van der Waals surface area contributed by atoms with E-state index in [2.05, 4.69) is 15.5 Å². The van der Waals surface area contributed by atoms with E-state index in [9.17, 15) is 4.79 Å². The van der Waals surface area contributed by atoms with Crippen LogP contribution in [0.25, 0.3) is 0 Å². The van der Waals surface area contributed by atoms with Crippen LogP contribution in [0.1, 0.15) is 19.3 Å². The van der Waals surface area contributed by atoms with Crippen LogP contribution < -0.4 is 5.32 Å². The van der Waals surface area contributed by atoms with Crippen LogP contribution in [0, 0.1) is 0 Å². The first-order valence-corrected chi connectivity index (χ1v) is 7.16. The molecule has 1 aromatic rings. The standard InChI is InChI=1S/C10H15N3O2S2/c1-11-10(8(14)15-2)4-3-7(5-10)17-9-13-12-6-16-9/h6-7,11H,3-5H2,1-2H3. The van der Waals surface area contributed by atoms with E-state index in [0.29, 0.717) is 5.25 Å². The number of likely N-dealkylation sites (N-methyl/N-ethyl adjacent to an activating group) is 1. The van der Waals surface area contributed by atoms with Crippen molar-refractivity contribution in [3.05, 3.63) is 5.51 Å². The summed E-state index contributed by atoms with van der Waals surface area (Å²) >= 11 is 3.24. The molecule has 2 rings (SSSR count). The summed E-state index contributed by atoms with van der Waals surface area (Å²) in [6, 6.07) is 0. The molecule has 1 heterocycles. The molecule has 7 heteroatoms. The minimum Gasteiger partial charge on any atom is -0.468 e. The van der Waals surface area contributed by atoms with Crippen molar-refractivity contribution < 1.29 is 9.53 Å². The zero-order valence-electron chi connectivity index (χ0n) is 9.80. The lowest BCUT2D eigenvalue weighted by molar-refractivity contribution is -0.148. The van der Waals surface area contributed by atoms with Gasteiger partial charge in [-0.1, -0.05) is 23.1 Å². The number of carbonyl (C=O) groups excluding carboxylic acids is 1. The normalized spacial score (nSPS) is 28.2. The number of nitrogens with zero attached hydrogens (tertiary/aromatic N) is 2. The molecule has 0 spiro atoms. The number of hydrogen-bond acceptors (Lipinski definition) is 7. The van der Waals surface area contributed by atoms with Crippen LogP contribution in [0.15, 0.2) is 9.85 Å². The number of carbonyl (C=O) groups is 1. The molecule has 0 aromatic carbocycles. The van der Waals surface area contributed by atoms with Crippen LogP contribution in [0.5, 0.6) is 0 Å². The molecule has 1 saturated carbocycles. The maximum atomic E-state index is 11.8. The summed E-state index contributed by atoms with van der Waals surface area (Å²) in [6.45, 7) is 0. The predicted octanol–water partition coefficient (Wildman–Crippen LogP) is 1.31. The lowest BCUT2D eigenvalue weighted by Gasteiger charge is -2.25. The highest BCUT2D eigenvalue weighted by atomic mass is 32.2. The molecule has 0 radical (unpaired) electrons. The Labute approximate surface area is 108 Å². The van der Waals surface area contributed by atoms with Crippen molar-refractivity contribution in [3.8, 4) is 0 Å². The highest BCUT2D eigenvalue weighted by molar-refractivity contribution is 8.01. The smallest absolute Gasteiger partial charge is 0.326 e. The van der Waals surface area contributed by atoms with Gasteiger partial charge in [0.2, 0.25) is 0 Å². The number of nitrogens with one attached hydrogen (secondary N) is 1. The molecule has 1 aliphatic carbocycles. The monoisotopic (exact) mass is 273 g/mol. The zero-order valence-corrected chi connectivity index (χ0v) is 11.4. The number of methoxy groups -OCH3 is 1. The summed E-state index contributed by atoms with van der Waals surface area (Å²) < 4.78 is 5.84. The number of esters is 1. The Kier molecular flexibility index (Phi) is 4.01. The van der Waals surface area contributed by atoms with Crippen LogP contribution in [0.3, 0.4) is 0 Å². The fraction of sp³-hybridized carbons (Fsp3) is 0.700. The van der Waals surface area contributed by atoms with E-state index in [1.165, 1.54) is 18.4 Å². The van der Waals surface area contributed by atoms with Crippen LogP contribution in [-0.2, 0) is 9.53 Å². The van der Waals surface area contributed by atoms with Crippen LogP contribution in [0.2, 0.25) is 0 Å². The molecule has 2 atom stereocenters. The second kappa shape index (κ2) is 5.32. The molecule has 5 nitrogen and oxygen atoms in total. The Morgan fingerprint density at radius 3 is 3.18 bits per heavy atom. The average Bonchev–Trinajstić information content (AvgIpc) is 2.99. The maximum Gasteiger partial charge on any atom is 0.326 e. The zero-order chi connectivity index (χ0) is 12.3. The third-order valence-electron chi connectivity index (χ3n) is 3.13. The fourth-order valence-corrected chi connectivity index (χ4v) is 4.19. The van der Waals surface area contributed by atoms with Gasteiger partial charge in [-0.25, -0.2) is 0 Å². The molecule has 17 heavy (non-hydrogen) atoms. The molecule has 0 saturated heterocycles. The maximum absolute atomic E-state index is 11.8. The number of hydrogen-bond donors (Lipinski definition) is 1. The SMILES string of the molecule is CNC1(C(=O)OC)CCC(Sc2nncs2)C1. The summed E-state index contributed by atoms with van der Waals surface area (Å²) in [5.41, 5.74) is 1.21. The Balaban J connectivity index is 2.00. The largest absolute Gasteiger partial charge is 0.468 e. The molecule has 1 N–H and O–H groups in total. The molecule has 94 valence electrons. The van der Waals surface area contributed by atoms with Gasteiger partial charge in [0.05, 0.1) is 7.11 Å². The minimum atomic E-state index is -0.517. The van der Waals surface area contributed by atoms with Crippen molar-refractivity contribution in [2.24, 2.45) is 0 Å². The molecule has 2 unspecified atom stereocenters. The average molecular weight is 273 g/mol. The van der Waals surface area contributed by atoms with E-state index in [1.54, 1.807) is 17.3 Å². The van der Waals surface area contributed by atoms with Gasteiger partial charge in [-0.05, 0) is 26.3 Å². The van der Waals surface area contributed by atoms with Gasteiger partial charge in [0, 0.05) is 5.25 Å². The topological polar surface area (TPSA) is 64.1 Å². The summed E-state index contributed by atoms with van der Waals surface area (Å²) in [4.78, 5) is 11.8. The second-order valence-electron chi connectivity index (χ2n) is 4.01. The predicted molar refractivity (Wildman–Crippen MR) is 67.2 cm³/mol. The summed E-state index contributed by atoms with van der Waals surface area (Å²) in [5.74, 6) is -0.166. The second-order valence-corrected chi connectivity index (χ2v) is 6.39. The van der Waals surface area contributed by atoms with E-state index in [-0.39, 0.29) is 5.97 Å². The number of rotatable bonds is 4. The van der Waals surface area contributed by atoms with Gasteiger partial charge in [-0.2, -0.15) is 0 Å². The van der Waals surface area contributed by atoms with Gasteiger partial charge in [0.25, 0.3) is 0 Å². The molecule has 1 fully saturated rings. The molecule has 1 aromatic heterocycles. The van der Waals surface area contributed by atoms with Gasteiger partial charge < -0.3 is 10.1 Å². The lowest BCUT2D eigenvalue weighted by Crippen LogP contribution is -2.49. The summed E-state index contributed by atoms with van der Waals surface area (Å²) in [7, 11) is 3.25. The third-order valence-corrected chi connectivity index (χ3v) is 5.21. The van der Waals surface area contributed by atoms with Gasteiger partial charge in [-0.3, -0.25) is 4.79 Å². The van der Waals surface area contributed by atoms with Crippen molar-refractivity contribution in [2.45, 2.75) is 34.4 Å². The van der Waals surface area contributed by atoms with Crippen molar-refractivity contribution in [1.82, 2.24) is 15.5 Å². The first kappa shape index (κ1) is 12.8. The number of ether oxygens (including phenoxy) is 1. The van der Waals surface area contributed by atoms with Gasteiger partial charge >= 0.3 is 5.97 Å².